The highest BCUT2D eigenvalue weighted by atomic mass is 19.4. The Balaban J connectivity index is 1.98. The van der Waals surface area contributed by atoms with E-state index in [2.05, 4.69) is 25.3 Å². The van der Waals surface area contributed by atoms with Gasteiger partial charge in [0.1, 0.15) is 17.4 Å². The van der Waals surface area contributed by atoms with Crippen LogP contribution < -0.4 is 15.4 Å². The van der Waals surface area contributed by atoms with Gasteiger partial charge in [-0.25, -0.2) is 9.37 Å². The van der Waals surface area contributed by atoms with Crippen LogP contribution in [0.1, 0.15) is 20.3 Å². The Kier molecular flexibility index (Phi) is 6.39. The zero-order chi connectivity index (χ0) is 21.7. The average molecular weight is 420 g/mol. The minimum absolute atomic E-state index is 0.0715. The second-order valence-electron chi connectivity index (χ2n) is 6.63. The fourth-order valence-electron chi connectivity index (χ4n) is 2.61. The van der Waals surface area contributed by atoms with Crippen LogP contribution in [0.15, 0.2) is 54.6 Å². The first-order valence-corrected chi connectivity index (χ1v) is 9.26. The van der Waals surface area contributed by atoms with Gasteiger partial charge in [0.15, 0.2) is 0 Å². The van der Waals surface area contributed by atoms with Gasteiger partial charge in [-0.3, -0.25) is 0 Å². The smallest absolute Gasteiger partial charge is 0.406 e. The number of nitrogens with zero attached hydrogens (tertiary/aromatic N) is 2. The van der Waals surface area contributed by atoms with Crippen molar-refractivity contribution in [2.75, 3.05) is 10.6 Å². The molecule has 1 atom stereocenters. The number of anilines is 3. The molecular weight excluding hydrogens is 400 g/mol. The zero-order valence-corrected chi connectivity index (χ0v) is 16.3. The lowest BCUT2D eigenvalue weighted by molar-refractivity contribution is -0.274. The Morgan fingerprint density at radius 1 is 1.03 bits per heavy atom. The molecule has 30 heavy (non-hydrogen) atoms. The minimum atomic E-state index is -4.79. The summed E-state index contributed by atoms with van der Waals surface area (Å²) >= 11 is 0. The second kappa shape index (κ2) is 8.98. The van der Waals surface area contributed by atoms with Crippen LogP contribution in [0.25, 0.3) is 11.3 Å². The largest absolute Gasteiger partial charge is 0.573 e. The van der Waals surface area contributed by atoms with E-state index < -0.39 is 12.2 Å². The number of rotatable bonds is 7. The van der Waals surface area contributed by atoms with Crippen LogP contribution in [0.5, 0.6) is 5.75 Å². The molecule has 5 nitrogen and oxygen atoms in total. The van der Waals surface area contributed by atoms with E-state index in [1.165, 1.54) is 30.3 Å². The monoisotopic (exact) mass is 420 g/mol. The van der Waals surface area contributed by atoms with E-state index in [0.29, 0.717) is 28.7 Å². The molecule has 3 aromatic rings. The van der Waals surface area contributed by atoms with Crippen molar-refractivity contribution in [3.63, 3.8) is 0 Å². The van der Waals surface area contributed by atoms with Crippen LogP contribution in [0.2, 0.25) is 0 Å². The Hall–Kier alpha value is -3.36. The highest BCUT2D eigenvalue weighted by Crippen LogP contribution is 2.29. The third-order valence-electron chi connectivity index (χ3n) is 4.17. The summed E-state index contributed by atoms with van der Waals surface area (Å²) in [6.45, 7) is 3.94. The number of alkyl halides is 3. The van der Waals surface area contributed by atoms with E-state index in [1.807, 2.05) is 13.8 Å². The molecule has 0 aliphatic carbocycles. The number of benzene rings is 2. The van der Waals surface area contributed by atoms with E-state index in [1.54, 1.807) is 24.3 Å². The van der Waals surface area contributed by atoms with Crippen molar-refractivity contribution in [2.24, 2.45) is 0 Å². The maximum absolute atomic E-state index is 13.5. The third kappa shape index (κ3) is 6.07. The summed E-state index contributed by atoms with van der Waals surface area (Å²) in [5.74, 6) is -0.111. The quantitative estimate of drug-likeness (QED) is 0.450. The van der Waals surface area contributed by atoms with E-state index in [9.17, 15) is 17.6 Å². The predicted molar refractivity (Wildman–Crippen MR) is 107 cm³/mol. The Bertz CT molecular complexity index is 1010. The maximum Gasteiger partial charge on any atom is 0.573 e. The first-order chi connectivity index (χ1) is 14.2. The number of aromatic nitrogens is 2. The fraction of sp³-hybridized carbons (Fsp3) is 0.238. The van der Waals surface area contributed by atoms with Crippen molar-refractivity contribution in [1.29, 1.82) is 0 Å². The van der Waals surface area contributed by atoms with Crippen LogP contribution in [-0.2, 0) is 0 Å². The number of nitrogens with one attached hydrogen (secondary N) is 2. The molecule has 2 N–H and O–H groups in total. The minimum Gasteiger partial charge on any atom is -0.406 e. The van der Waals surface area contributed by atoms with Gasteiger partial charge in [0, 0.05) is 23.4 Å². The van der Waals surface area contributed by atoms with E-state index >= 15 is 0 Å². The van der Waals surface area contributed by atoms with Crippen molar-refractivity contribution in [2.45, 2.75) is 32.7 Å². The molecule has 0 fully saturated rings. The number of ether oxygens (including phenoxy) is 1. The van der Waals surface area contributed by atoms with Gasteiger partial charge >= 0.3 is 6.36 Å². The van der Waals surface area contributed by atoms with Crippen molar-refractivity contribution >= 4 is 17.5 Å². The summed E-state index contributed by atoms with van der Waals surface area (Å²) in [6, 6.07) is 13.0. The first-order valence-electron chi connectivity index (χ1n) is 9.26. The topological polar surface area (TPSA) is 59.1 Å². The van der Waals surface area contributed by atoms with Crippen molar-refractivity contribution < 1.29 is 22.3 Å². The van der Waals surface area contributed by atoms with Gasteiger partial charge in [-0.05, 0) is 43.7 Å². The average Bonchev–Trinajstić information content (AvgIpc) is 2.66. The molecule has 0 saturated heterocycles. The second-order valence-corrected chi connectivity index (χ2v) is 6.63. The van der Waals surface area contributed by atoms with E-state index in [-0.39, 0.29) is 11.8 Å². The molecule has 0 aliphatic rings. The predicted octanol–water partition coefficient (Wildman–Crippen LogP) is 6.14. The SMILES string of the molecule is CC[C@@H](C)Nc1nc(Nc2cccc(F)c2)cc(-c2cccc(OC(F)(F)F)c2)n1. The molecule has 0 bridgehead atoms. The number of halogens is 4. The van der Waals surface area contributed by atoms with Gasteiger partial charge in [0.25, 0.3) is 0 Å². The summed E-state index contributed by atoms with van der Waals surface area (Å²) in [7, 11) is 0. The standard InChI is InChI=1S/C21H20F4N4O/c1-3-13(2)26-20-28-18(14-6-4-9-17(10-14)30-21(23,24)25)12-19(29-20)27-16-8-5-7-15(22)11-16/h4-13H,3H2,1-2H3,(H2,26,27,28,29)/t13-/m1/s1. The van der Waals surface area contributed by atoms with Crippen LogP contribution in [0, 0.1) is 5.82 Å². The highest BCUT2D eigenvalue weighted by molar-refractivity contribution is 5.68. The van der Waals surface area contributed by atoms with Gasteiger partial charge in [-0.1, -0.05) is 25.1 Å². The normalized spacial score (nSPS) is 12.3. The van der Waals surface area contributed by atoms with E-state index in [0.717, 1.165) is 6.42 Å². The molecule has 2 aromatic carbocycles. The molecule has 1 heterocycles. The van der Waals surface area contributed by atoms with Crippen molar-refractivity contribution in [3.8, 4) is 17.0 Å². The first kappa shape index (κ1) is 21.4. The van der Waals surface area contributed by atoms with Crippen molar-refractivity contribution in [1.82, 2.24) is 9.97 Å². The van der Waals surface area contributed by atoms with Crippen molar-refractivity contribution in [3.05, 3.63) is 60.4 Å². The number of hydrogen-bond acceptors (Lipinski definition) is 5. The molecule has 0 saturated carbocycles. The van der Waals surface area contributed by atoms with Gasteiger partial charge in [-0.15, -0.1) is 13.2 Å². The summed E-state index contributed by atoms with van der Waals surface area (Å²) in [5, 5.41) is 6.14. The van der Waals surface area contributed by atoms with Crippen LogP contribution in [0.4, 0.5) is 35.0 Å². The van der Waals surface area contributed by atoms with Gasteiger partial charge < -0.3 is 15.4 Å². The molecule has 0 spiro atoms. The molecule has 1 aromatic heterocycles. The summed E-state index contributed by atoms with van der Waals surface area (Å²) in [6.07, 6.45) is -3.98. The van der Waals surface area contributed by atoms with Gasteiger partial charge in [0.2, 0.25) is 5.95 Å². The lowest BCUT2D eigenvalue weighted by Crippen LogP contribution is -2.17. The third-order valence-corrected chi connectivity index (χ3v) is 4.17. The Morgan fingerprint density at radius 3 is 2.50 bits per heavy atom. The summed E-state index contributed by atoms with van der Waals surface area (Å²) in [4.78, 5) is 8.80. The highest BCUT2D eigenvalue weighted by Gasteiger charge is 2.31. The van der Waals surface area contributed by atoms with Crippen LogP contribution in [-0.4, -0.2) is 22.4 Å². The molecule has 0 radical (unpaired) electrons. The molecule has 0 aliphatic heterocycles. The molecule has 9 heteroatoms. The van der Waals surface area contributed by atoms with Gasteiger partial charge in [-0.2, -0.15) is 4.98 Å². The molecule has 0 amide bonds. The maximum atomic E-state index is 13.5. The lowest BCUT2D eigenvalue weighted by Gasteiger charge is -2.15. The lowest BCUT2D eigenvalue weighted by atomic mass is 10.1. The van der Waals surface area contributed by atoms with Gasteiger partial charge in [0.05, 0.1) is 5.69 Å². The molecular formula is C21H20F4N4O. The zero-order valence-electron chi connectivity index (χ0n) is 16.3. The van der Waals surface area contributed by atoms with E-state index in [4.69, 9.17) is 0 Å². The Labute approximate surface area is 171 Å². The Morgan fingerprint density at radius 2 is 1.80 bits per heavy atom. The summed E-state index contributed by atoms with van der Waals surface area (Å²) < 4.78 is 55.2. The molecule has 0 unspecified atom stereocenters. The molecule has 158 valence electrons. The van der Waals surface area contributed by atoms with Crippen LogP contribution >= 0.6 is 0 Å². The molecule has 3 rings (SSSR count). The summed E-state index contributed by atoms with van der Waals surface area (Å²) in [5.41, 5.74) is 1.26. The number of hydrogen-bond donors (Lipinski definition) is 2. The fourth-order valence-corrected chi connectivity index (χ4v) is 2.61. The van der Waals surface area contributed by atoms with Crippen LogP contribution in [0.3, 0.4) is 0 Å².